The summed E-state index contributed by atoms with van der Waals surface area (Å²) in [5.41, 5.74) is -0.254. The third kappa shape index (κ3) is 3.09. The van der Waals surface area contributed by atoms with E-state index in [0.29, 0.717) is 13.0 Å². The van der Waals surface area contributed by atoms with Crippen LogP contribution < -0.4 is 5.56 Å². The fourth-order valence-corrected chi connectivity index (χ4v) is 2.69. The third-order valence-corrected chi connectivity index (χ3v) is 3.77. The molecule has 1 atom stereocenters. The van der Waals surface area contributed by atoms with Gasteiger partial charge in [-0.15, -0.1) is 0 Å². The van der Waals surface area contributed by atoms with Crippen molar-refractivity contribution >= 4 is 27.8 Å². The summed E-state index contributed by atoms with van der Waals surface area (Å²) in [4.78, 5) is 37.0. The predicted octanol–water partition coefficient (Wildman–Crippen LogP) is 0.775. The molecule has 1 fully saturated rings. The highest BCUT2D eigenvalue weighted by atomic mass is 79.9. The predicted molar refractivity (Wildman–Crippen MR) is 75.2 cm³/mol. The molecular formula is C13H15BrN2O4. The summed E-state index contributed by atoms with van der Waals surface area (Å²) >= 11 is 3.26. The molecule has 1 amide bonds. The highest BCUT2D eigenvalue weighted by Gasteiger charge is 2.34. The van der Waals surface area contributed by atoms with Gasteiger partial charge in [-0.25, -0.2) is 4.79 Å². The Balaban J connectivity index is 2.13. The van der Waals surface area contributed by atoms with Crippen LogP contribution in [0.1, 0.15) is 12.8 Å². The van der Waals surface area contributed by atoms with Gasteiger partial charge in [-0.2, -0.15) is 0 Å². The van der Waals surface area contributed by atoms with E-state index in [1.165, 1.54) is 22.6 Å². The Morgan fingerprint density at radius 1 is 1.45 bits per heavy atom. The Kier molecular flexibility index (Phi) is 4.59. The number of esters is 1. The first-order chi connectivity index (χ1) is 9.52. The van der Waals surface area contributed by atoms with E-state index in [1.54, 1.807) is 12.3 Å². The number of pyridine rings is 1. The van der Waals surface area contributed by atoms with Crippen molar-refractivity contribution in [1.29, 1.82) is 0 Å². The number of methoxy groups -OCH3 is 1. The van der Waals surface area contributed by atoms with Crippen molar-refractivity contribution in [2.24, 2.45) is 0 Å². The number of amides is 1. The molecule has 0 aromatic carbocycles. The van der Waals surface area contributed by atoms with Gasteiger partial charge in [-0.05, 0) is 34.8 Å². The van der Waals surface area contributed by atoms with E-state index in [2.05, 4.69) is 15.9 Å². The molecule has 0 bridgehead atoms. The molecular weight excluding hydrogens is 328 g/mol. The van der Waals surface area contributed by atoms with Crippen LogP contribution in [0.4, 0.5) is 0 Å². The van der Waals surface area contributed by atoms with Crippen LogP contribution in [0.3, 0.4) is 0 Å². The maximum Gasteiger partial charge on any atom is 0.328 e. The van der Waals surface area contributed by atoms with Crippen molar-refractivity contribution in [2.75, 3.05) is 13.7 Å². The minimum atomic E-state index is -0.532. The minimum Gasteiger partial charge on any atom is -0.467 e. The average Bonchev–Trinajstić information content (AvgIpc) is 2.91. The Bertz CT molecular complexity index is 584. The summed E-state index contributed by atoms with van der Waals surface area (Å²) in [6, 6.07) is 2.48. The van der Waals surface area contributed by atoms with Gasteiger partial charge in [-0.1, -0.05) is 0 Å². The molecule has 1 aromatic heterocycles. The standard InChI is InChI=1S/C13H15BrN2O4/c1-20-13(19)10-3-2-6-16(10)12(18)8-15-7-9(14)4-5-11(15)17/h4-5,7,10H,2-3,6,8H2,1H3. The van der Waals surface area contributed by atoms with Gasteiger partial charge in [0.1, 0.15) is 12.6 Å². The second-order valence-electron chi connectivity index (χ2n) is 4.58. The number of carbonyl (C=O) groups is 2. The molecule has 20 heavy (non-hydrogen) atoms. The van der Waals surface area contributed by atoms with Crippen LogP contribution in [0.15, 0.2) is 27.6 Å². The van der Waals surface area contributed by atoms with Crippen LogP contribution in [-0.4, -0.2) is 41.0 Å². The van der Waals surface area contributed by atoms with Gasteiger partial charge in [-0.3, -0.25) is 9.59 Å². The van der Waals surface area contributed by atoms with Crippen molar-refractivity contribution in [1.82, 2.24) is 9.47 Å². The van der Waals surface area contributed by atoms with Crippen LogP contribution in [0, 0.1) is 0 Å². The fraction of sp³-hybridized carbons (Fsp3) is 0.462. The van der Waals surface area contributed by atoms with Crippen molar-refractivity contribution in [3.05, 3.63) is 33.2 Å². The molecule has 0 radical (unpaired) electrons. The maximum atomic E-state index is 12.3. The highest BCUT2D eigenvalue weighted by molar-refractivity contribution is 9.10. The largest absolute Gasteiger partial charge is 0.467 e. The number of hydrogen-bond acceptors (Lipinski definition) is 4. The van der Waals surface area contributed by atoms with Gasteiger partial charge < -0.3 is 14.2 Å². The quantitative estimate of drug-likeness (QED) is 0.761. The van der Waals surface area contributed by atoms with Crippen molar-refractivity contribution in [3.63, 3.8) is 0 Å². The van der Waals surface area contributed by atoms with Crippen molar-refractivity contribution in [2.45, 2.75) is 25.4 Å². The highest BCUT2D eigenvalue weighted by Crippen LogP contribution is 2.19. The van der Waals surface area contributed by atoms with Gasteiger partial charge in [0.2, 0.25) is 5.91 Å². The van der Waals surface area contributed by atoms with E-state index in [9.17, 15) is 14.4 Å². The van der Waals surface area contributed by atoms with Crippen LogP contribution in [0.5, 0.6) is 0 Å². The lowest BCUT2D eigenvalue weighted by molar-refractivity contribution is -0.151. The molecule has 2 heterocycles. The normalized spacial score (nSPS) is 18.1. The summed E-state index contributed by atoms with van der Waals surface area (Å²) < 4.78 is 6.74. The lowest BCUT2D eigenvalue weighted by Crippen LogP contribution is -2.43. The number of halogens is 1. The topological polar surface area (TPSA) is 68.6 Å². The molecule has 0 spiro atoms. The number of aromatic nitrogens is 1. The van der Waals surface area contributed by atoms with Crippen LogP contribution in [0.2, 0.25) is 0 Å². The summed E-state index contributed by atoms with van der Waals surface area (Å²) in [5, 5.41) is 0. The van der Waals surface area contributed by atoms with Gasteiger partial charge in [0.15, 0.2) is 0 Å². The lowest BCUT2D eigenvalue weighted by Gasteiger charge is -2.23. The summed E-state index contributed by atoms with van der Waals surface area (Å²) in [6.45, 7) is 0.438. The van der Waals surface area contributed by atoms with Crippen LogP contribution in [-0.2, 0) is 20.9 Å². The molecule has 6 nitrogen and oxygen atoms in total. The second-order valence-corrected chi connectivity index (χ2v) is 5.50. The van der Waals surface area contributed by atoms with E-state index >= 15 is 0 Å². The molecule has 108 valence electrons. The molecule has 0 saturated carbocycles. The Morgan fingerprint density at radius 3 is 2.90 bits per heavy atom. The molecule has 1 aromatic rings. The Hall–Kier alpha value is -1.63. The van der Waals surface area contributed by atoms with Crippen LogP contribution >= 0.6 is 15.9 Å². The van der Waals surface area contributed by atoms with Crippen molar-refractivity contribution < 1.29 is 14.3 Å². The molecule has 7 heteroatoms. The lowest BCUT2D eigenvalue weighted by atomic mass is 10.2. The zero-order valence-electron chi connectivity index (χ0n) is 11.0. The number of carbonyl (C=O) groups excluding carboxylic acids is 2. The number of likely N-dealkylation sites (tertiary alicyclic amines) is 1. The Morgan fingerprint density at radius 2 is 2.20 bits per heavy atom. The van der Waals surface area contributed by atoms with E-state index in [-0.39, 0.29) is 18.0 Å². The molecule has 1 aliphatic rings. The van der Waals surface area contributed by atoms with Crippen molar-refractivity contribution in [3.8, 4) is 0 Å². The Labute approximate surface area is 124 Å². The van der Waals surface area contributed by atoms with Gasteiger partial charge >= 0.3 is 5.97 Å². The third-order valence-electron chi connectivity index (χ3n) is 3.30. The van der Waals surface area contributed by atoms with Gasteiger partial charge in [0, 0.05) is 23.3 Å². The summed E-state index contributed by atoms with van der Waals surface area (Å²) in [7, 11) is 1.31. The zero-order chi connectivity index (χ0) is 14.7. The molecule has 2 rings (SSSR count). The first kappa shape index (κ1) is 14.8. The van der Waals surface area contributed by atoms with Gasteiger partial charge in [0.05, 0.1) is 7.11 Å². The molecule has 1 aliphatic heterocycles. The molecule has 1 unspecified atom stereocenters. The van der Waals surface area contributed by atoms with E-state index in [1.807, 2.05) is 0 Å². The summed E-state index contributed by atoms with van der Waals surface area (Å²) in [6.07, 6.45) is 2.92. The number of nitrogens with zero attached hydrogens (tertiary/aromatic N) is 2. The number of ether oxygens (including phenoxy) is 1. The fourth-order valence-electron chi connectivity index (χ4n) is 2.31. The van der Waals surface area contributed by atoms with Crippen LogP contribution in [0.25, 0.3) is 0 Å². The monoisotopic (exact) mass is 342 g/mol. The number of hydrogen-bond donors (Lipinski definition) is 0. The summed E-state index contributed by atoms with van der Waals surface area (Å²) in [5.74, 6) is -0.657. The molecule has 0 N–H and O–H groups in total. The molecule has 0 aliphatic carbocycles. The smallest absolute Gasteiger partial charge is 0.328 e. The second kappa shape index (κ2) is 6.21. The van der Waals surface area contributed by atoms with Gasteiger partial charge in [0.25, 0.3) is 5.56 Å². The van der Waals surface area contributed by atoms with E-state index in [4.69, 9.17) is 4.74 Å². The maximum absolute atomic E-state index is 12.3. The van der Waals surface area contributed by atoms with E-state index < -0.39 is 12.0 Å². The first-order valence-corrected chi connectivity index (χ1v) is 7.05. The number of rotatable bonds is 3. The average molecular weight is 343 g/mol. The molecule has 1 saturated heterocycles. The van der Waals surface area contributed by atoms with E-state index in [0.717, 1.165) is 10.9 Å². The zero-order valence-corrected chi connectivity index (χ0v) is 12.6. The minimum absolute atomic E-state index is 0.0776. The SMILES string of the molecule is COC(=O)C1CCCN1C(=O)Cn1cc(Br)ccc1=O. The first-order valence-electron chi connectivity index (χ1n) is 6.26.